The first-order valence-electron chi connectivity index (χ1n) is 11.0. The van der Waals surface area contributed by atoms with E-state index in [1.165, 1.54) is 37.7 Å². The molecule has 150 valence electrons. The molecule has 1 aliphatic heterocycles. The highest BCUT2D eigenvalue weighted by atomic mass is 16.5. The maximum atomic E-state index is 10.3. The summed E-state index contributed by atoms with van der Waals surface area (Å²) in [6, 6.07) is 10.7. The van der Waals surface area contributed by atoms with E-state index in [1.54, 1.807) is 0 Å². The number of nitrogens with zero attached hydrogens (tertiary/aromatic N) is 2. The third kappa shape index (κ3) is 5.54. The van der Waals surface area contributed by atoms with Crippen molar-refractivity contribution >= 4 is 0 Å². The van der Waals surface area contributed by atoms with Gasteiger partial charge in [-0.3, -0.25) is 9.80 Å². The molecule has 0 radical (unpaired) electrons. The van der Waals surface area contributed by atoms with Crippen LogP contribution < -0.4 is 0 Å². The Labute approximate surface area is 164 Å². The van der Waals surface area contributed by atoms with Crippen LogP contribution in [0, 0.1) is 17.8 Å². The predicted octanol–water partition coefficient (Wildman–Crippen LogP) is 3.01. The average Bonchev–Trinajstić information content (AvgIpc) is 3.31. The molecule has 4 rings (SSSR count). The SMILES string of the molecule is O[C@@H](COCC[C@H]1C[C@@H]2CC[C@@H]1C2)CN1CCN(Cc2ccccc2)CC1. The molecule has 0 spiro atoms. The van der Waals surface area contributed by atoms with Gasteiger partial charge in [-0.15, -0.1) is 0 Å². The van der Waals surface area contributed by atoms with E-state index in [4.69, 9.17) is 4.74 Å². The highest BCUT2D eigenvalue weighted by molar-refractivity contribution is 5.14. The minimum absolute atomic E-state index is 0.356. The lowest BCUT2D eigenvalue weighted by atomic mass is 9.87. The van der Waals surface area contributed by atoms with Crippen molar-refractivity contribution in [1.29, 1.82) is 0 Å². The molecule has 2 aliphatic carbocycles. The topological polar surface area (TPSA) is 35.9 Å². The van der Waals surface area contributed by atoms with E-state index in [0.717, 1.165) is 63.6 Å². The summed E-state index contributed by atoms with van der Waals surface area (Å²) in [6.07, 6.45) is 6.68. The number of aliphatic hydroxyl groups excluding tert-OH is 1. The smallest absolute Gasteiger partial charge is 0.0900 e. The highest BCUT2D eigenvalue weighted by Gasteiger charge is 2.38. The van der Waals surface area contributed by atoms with Crippen molar-refractivity contribution in [2.75, 3.05) is 45.9 Å². The minimum Gasteiger partial charge on any atom is -0.389 e. The number of aliphatic hydroxyl groups is 1. The number of rotatable bonds is 9. The molecule has 3 aliphatic rings. The third-order valence-corrected chi connectivity index (χ3v) is 7.01. The molecular formula is C23H36N2O2. The summed E-state index contributed by atoms with van der Waals surface area (Å²) in [5, 5.41) is 10.3. The molecule has 2 bridgehead atoms. The van der Waals surface area contributed by atoms with Crippen LogP contribution >= 0.6 is 0 Å². The van der Waals surface area contributed by atoms with Gasteiger partial charge in [-0.1, -0.05) is 36.8 Å². The van der Waals surface area contributed by atoms with Gasteiger partial charge >= 0.3 is 0 Å². The van der Waals surface area contributed by atoms with Crippen LogP contribution in [0.15, 0.2) is 30.3 Å². The molecular weight excluding hydrogens is 336 g/mol. The van der Waals surface area contributed by atoms with E-state index in [-0.39, 0.29) is 6.10 Å². The average molecular weight is 373 g/mol. The number of fused-ring (bicyclic) bond motifs is 2. The van der Waals surface area contributed by atoms with Crippen LogP contribution in [0.4, 0.5) is 0 Å². The van der Waals surface area contributed by atoms with Gasteiger partial charge in [0.1, 0.15) is 0 Å². The zero-order chi connectivity index (χ0) is 18.5. The first-order valence-corrected chi connectivity index (χ1v) is 11.0. The lowest BCUT2D eigenvalue weighted by Crippen LogP contribution is -2.48. The first-order chi connectivity index (χ1) is 13.3. The van der Waals surface area contributed by atoms with Crippen LogP contribution in [0.1, 0.15) is 37.7 Å². The second kappa shape index (κ2) is 9.51. The number of hydrogen-bond acceptors (Lipinski definition) is 4. The van der Waals surface area contributed by atoms with E-state index in [0.29, 0.717) is 6.61 Å². The molecule has 3 fully saturated rings. The van der Waals surface area contributed by atoms with E-state index in [2.05, 4.69) is 40.1 Å². The fourth-order valence-electron chi connectivity index (χ4n) is 5.51. The molecule has 4 heteroatoms. The van der Waals surface area contributed by atoms with Crippen molar-refractivity contribution in [3.63, 3.8) is 0 Å². The van der Waals surface area contributed by atoms with E-state index in [1.807, 2.05) is 0 Å². The molecule has 0 amide bonds. The third-order valence-electron chi connectivity index (χ3n) is 7.01. The summed E-state index contributed by atoms with van der Waals surface area (Å²) in [6.45, 7) is 7.32. The van der Waals surface area contributed by atoms with E-state index < -0.39 is 0 Å². The van der Waals surface area contributed by atoms with E-state index >= 15 is 0 Å². The molecule has 4 atom stereocenters. The number of ether oxygens (including phenoxy) is 1. The fourth-order valence-corrected chi connectivity index (χ4v) is 5.51. The Morgan fingerprint density at radius 1 is 1.00 bits per heavy atom. The largest absolute Gasteiger partial charge is 0.389 e. The first kappa shape index (κ1) is 19.4. The minimum atomic E-state index is -0.356. The Morgan fingerprint density at radius 3 is 2.48 bits per heavy atom. The van der Waals surface area contributed by atoms with Crippen molar-refractivity contribution in [2.45, 2.75) is 44.8 Å². The Morgan fingerprint density at radius 2 is 1.78 bits per heavy atom. The van der Waals surface area contributed by atoms with Crippen molar-refractivity contribution in [1.82, 2.24) is 9.80 Å². The zero-order valence-corrected chi connectivity index (χ0v) is 16.6. The summed E-state index contributed by atoms with van der Waals surface area (Å²) in [5.41, 5.74) is 1.38. The second-order valence-corrected chi connectivity index (χ2v) is 9.01. The van der Waals surface area contributed by atoms with Crippen LogP contribution in [0.2, 0.25) is 0 Å². The van der Waals surface area contributed by atoms with Gasteiger partial charge in [0.15, 0.2) is 0 Å². The maximum Gasteiger partial charge on any atom is 0.0900 e. The lowest BCUT2D eigenvalue weighted by Gasteiger charge is -2.35. The van der Waals surface area contributed by atoms with Gasteiger partial charge in [0.05, 0.1) is 12.7 Å². The second-order valence-electron chi connectivity index (χ2n) is 9.01. The Kier molecular flexibility index (Phi) is 6.82. The van der Waals surface area contributed by atoms with Gasteiger partial charge < -0.3 is 9.84 Å². The van der Waals surface area contributed by atoms with Gasteiger partial charge in [0.25, 0.3) is 0 Å². The zero-order valence-electron chi connectivity index (χ0n) is 16.6. The standard InChI is InChI=1S/C23H36N2O2/c26-23(18-27-13-8-22-15-20-6-7-21(22)14-20)17-25-11-9-24(10-12-25)16-19-4-2-1-3-5-19/h1-5,20-23,26H,6-18H2/t20-,21-,22+,23-/m1/s1. The highest BCUT2D eigenvalue weighted by Crippen LogP contribution is 2.49. The molecule has 4 nitrogen and oxygen atoms in total. The maximum absolute atomic E-state index is 10.3. The Balaban J connectivity index is 1.06. The number of β-amino-alcohol motifs (C(OH)–C–C–N with tert-alkyl or cyclic N) is 1. The molecule has 0 unspecified atom stereocenters. The van der Waals surface area contributed by atoms with Crippen molar-refractivity contribution < 1.29 is 9.84 Å². The number of hydrogen-bond donors (Lipinski definition) is 1. The van der Waals surface area contributed by atoms with Gasteiger partial charge in [0, 0.05) is 45.9 Å². The molecule has 0 aromatic heterocycles. The van der Waals surface area contributed by atoms with Crippen molar-refractivity contribution in [3.8, 4) is 0 Å². The number of piperazine rings is 1. The Hall–Kier alpha value is -0.940. The van der Waals surface area contributed by atoms with Crippen molar-refractivity contribution in [2.24, 2.45) is 17.8 Å². The molecule has 1 saturated heterocycles. The summed E-state index contributed by atoms with van der Waals surface area (Å²) in [7, 11) is 0. The van der Waals surface area contributed by atoms with E-state index in [9.17, 15) is 5.11 Å². The van der Waals surface area contributed by atoms with Crippen LogP contribution in [0.5, 0.6) is 0 Å². The van der Waals surface area contributed by atoms with Gasteiger partial charge in [-0.25, -0.2) is 0 Å². The van der Waals surface area contributed by atoms with Gasteiger partial charge in [-0.2, -0.15) is 0 Å². The van der Waals surface area contributed by atoms with Crippen LogP contribution in [0.25, 0.3) is 0 Å². The monoisotopic (exact) mass is 372 g/mol. The summed E-state index contributed by atoms with van der Waals surface area (Å²) in [4.78, 5) is 4.88. The molecule has 1 aromatic carbocycles. The Bertz CT molecular complexity index is 559. The number of benzene rings is 1. The predicted molar refractivity (Wildman–Crippen MR) is 109 cm³/mol. The quantitative estimate of drug-likeness (QED) is 0.676. The van der Waals surface area contributed by atoms with Crippen LogP contribution in [0.3, 0.4) is 0 Å². The van der Waals surface area contributed by atoms with Crippen LogP contribution in [-0.2, 0) is 11.3 Å². The molecule has 1 heterocycles. The molecule has 1 N–H and O–H groups in total. The molecule has 2 saturated carbocycles. The van der Waals surface area contributed by atoms with Crippen LogP contribution in [-0.4, -0.2) is 66.9 Å². The summed E-state index contributed by atoms with van der Waals surface area (Å²) in [5.74, 6) is 2.90. The summed E-state index contributed by atoms with van der Waals surface area (Å²) >= 11 is 0. The van der Waals surface area contributed by atoms with Gasteiger partial charge in [-0.05, 0) is 49.0 Å². The lowest BCUT2D eigenvalue weighted by molar-refractivity contribution is 0.00188. The molecule has 1 aromatic rings. The normalized spacial score (nSPS) is 30.0. The fraction of sp³-hybridized carbons (Fsp3) is 0.739. The molecule has 27 heavy (non-hydrogen) atoms. The van der Waals surface area contributed by atoms with Crippen molar-refractivity contribution in [3.05, 3.63) is 35.9 Å². The van der Waals surface area contributed by atoms with Gasteiger partial charge in [0.2, 0.25) is 0 Å². The summed E-state index contributed by atoms with van der Waals surface area (Å²) < 4.78 is 5.82.